The molecular formula is C21H24ClN7O2. The summed E-state index contributed by atoms with van der Waals surface area (Å²) in [6.45, 7) is 5.89. The number of tetrazole rings is 1. The first-order chi connectivity index (χ1) is 15.1. The second-order valence-electron chi connectivity index (χ2n) is 7.14. The Morgan fingerprint density at radius 2 is 1.90 bits per heavy atom. The topological polar surface area (TPSA) is 88.4 Å². The average Bonchev–Trinajstić information content (AvgIpc) is 3.23. The quantitative estimate of drug-likeness (QED) is 0.632. The van der Waals surface area contributed by atoms with E-state index in [0.29, 0.717) is 37.0 Å². The second-order valence-corrected chi connectivity index (χ2v) is 7.57. The van der Waals surface area contributed by atoms with Gasteiger partial charge in [-0.15, -0.1) is 5.10 Å². The van der Waals surface area contributed by atoms with Gasteiger partial charge >= 0.3 is 6.03 Å². The molecule has 2 heterocycles. The van der Waals surface area contributed by atoms with Crippen LogP contribution in [0.4, 0.5) is 10.5 Å². The molecule has 0 saturated carbocycles. The van der Waals surface area contributed by atoms with Gasteiger partial charge in [-0.25, -0.2) is 4.79 Å². The summed E-state index contributed by atoms with van der Waals surface area (Å²) in [5, 5.41) is 15.6. The van der Waals surface area contributed by atoms with Crippen molar-refractivity contribution in [3.63, 3.8) is 0 Å². The minimum atomic E-state index is -0.124. The highest BCUT2D eigenvalue weighted by atomic mass is 35.5. The molecule has 0 spiro atoms. The molecule has 0 atom stereocenters. The standard InChI is InChI=1S/C21H24ClN7O2/c1-2-31-19-8-6-18(7-9-19)29-20(24-25-26-29)15-27-10-12-28(13-11-27)21(30)23-17-5-3-4-16(22)14-17/h3-9,14H,2,10-13,15H2,1H3,(H,23,30). The Bertz CT molecular complexity index is 1020. The lowest BCUT2D eigenvalue weighted by atomic mass is 10.3. The first-order valence-electron chi connectivity index (χ1n) is 10.2. The molecule has 1 aromatic heterocycles. The Kier molecular flexibility index (Phi) is 6.63. The molecule has 2 amide bonds. The van der Waals surface area contributed by atoms with E-state index in [1.165, 1.54) is 0 Å². The number of nitrogens with zero attached hydrogens (tertiary/aromatic N) is 6. The molecular weight excluding hydrogens is 418 g/mol. The zero-order valence-electron chi connectivity index (χ0n) is 17.2. The third kappa shape index (κ3) is 5.31. The van der Waals surface area contributed by atoms with Crippen molar-refractivity contribution in [1.82, 2.24) is 30.0 Å². The summed E-state index contributed by atoms with van der Waals surface area (Å²) in [6.07, 6.45) is 0. The van der Waals surface area contributed by atoms with Crippen LogP contribution >= 0.6 is 11.6 Å². The van der Waals surface area contributed by atoms with Crippen molar-refractivity contribution in [2.75, 3.05) is 38.1 Å². The molecule has 0 bridgehead atoms. The maximum atomic E-state index is 12.5. The normalized spacial score (nSPS) is 14.5. The Balaban J connectivity index is 1.32. The van der Waals surface area contributed by atoms with E-state index in [1.54, 1.807) is 21.7 Å². The van der Waals surface area contributed by atoms with Gasteiger partial charge in [0.05, 0.1) is 18.8 Å². The van der Waals surface area contributed by atoms with E-state index in [-0.39, 0.29) is 6.03 Å². The van der Waals surface area contributed by atoms with Gasteiger partial charge < -0.3 is 15.0 Å². The molecule has 1 saturated heterocycles. The summed E-state index contributed by atoms with van der Waals surface area (Å²) in [5.74, 6) is 1.56. The first kappa shape index (κ1) is 21.1. The summed E-state index contributed by atoms with van der Waals surface area (Å²) >= 11 is 5.98. The highest BCUT2D eigenvalue weighted by Gasteiger charge is 2.23. The smallest absolute Gasteiger partial charge is 0.321 e. The molecule has 0 aliphatic carbocycles. The lowest BCUT2D eigenvalue weighted by Gasteiger charge is -2.34. The number of carbonyl (C=O) groups is 1. The Morgan fingerprint density at radius 3 is 2.61 bits per heavy atom. The van der Waals surface area contributed by atoms with Crippen LogP contribution in [0.2, 0.25) is 5.02 Å². The van der Waals surface area contributed by atoms with Crippen LogP contribution in [-0.2, 0) is 6.54 Å². The minimum absolute atomic E-state index is 0.124. The molecule has 162 valence electrons. The maximum absolute atomic E-state index is 12.5. The van der Waals surface area contributed by atoms with Gasteiger partial charge in [0.2, 0.25) is 0 Å². The van der Waals surface area contributed by atoms with Crippen molar-refractivity contribution in [2.45, 2.75) is 13.5 Å². The van der Waals surface area contributed by atoms with Gasteiger partial charge in [-0.1, -0.05) is 17.7 Å². The van der Waals surface area contributed by atoms with E-state index in [4.69, 9.17) is 16.3 Å². The third-order valence-corrected chi connectivity index (χ3v) is 5.26. The molecule has 31 heavy (non-hydrogen) atoms. The van der Waals surface area contributed by atoms with Crippen molar-refractivity contribution < 1.29 is 9.53 Å². The number of amides is 2. The molecule has 1 N–H and O–H groups in total. The number of rotatable bonds is 6. The van der Waals surface area contributed by atoms with Crippen molar-refractivity contribution in [3.05, 3.63) is 59.4 Å². The highest BCUT2D eigenvalue weighted by molar-refractivity contribution is 6.30. The van der Waals surface area contributed by atoms with Crippen molar-refractivity contribution in [1.29, 1.82) is 0 Å². The van der Waals surface area contributed by atoms with Crippen molar-refractivity contribution in [3.8, 4) is 11.4 Å². The van der Waals surface area contributed by atoms with E-state index < -0.39 is 0 Å². The molecule has 3 aromatic rings. The van der Waals surface area contributed by atoms with Gasteiger partial charge in [-0.2, -0.15) is 4.68 Å². The third-order valence-electron chi connectivity index (χ3n) is 5.03. The zero-order valence-corrected chi connectivity index (χ0v) is 18.0. The van der Waals surface area contributed by atoms with Crippen LogP contribution in [0.1, 0.15) is 12.7 Å². The molecule has 1 fully saturated rings. The maximum Gasteiger partial charge on any atom is 0.321 e. The lowest BCUT2D eigenvalue weighted by molar-refractivity contribution is 0.140. The highest BCUT2D eigenvalue weighted by Crippen LogP contribution is 2.18. The van der Waals surface area contributed by atoms with Gasteiger partial charge in [0, 0.05) is 36.9 Å². The van der Waals surface area contributed by atoms with Crippen molar-refractivity contribution in [2.24, 2.45) is 0 Å². The number of nitrogens with one attached hydrogen (secondary N) is 1. The largest absolute Gasteiger partial charge is 0.494 e. The number of aromatic nitrogens is 4. The number of hydrogen-bond donors (Lipinski definition) is 1. The molecule has 0 unspecified atom stereocenters. The fourth-order valence-corrected chi connectivity index (χ4v) is 3.62. The fourth-order valence-electron chi connectivity index (χ4n) is 3.43. The molecule has 9 nitrogen and oxygen atoms in total. The number of ether oxygens (including phenoxy) is 1. The summed E-state index contributed by atoms with van der Waals surface area (Å²) in [7, 11) is 0. The summed E-state index contributed by atoms with van der Waals surface area (Å²) in [6, 6.07) is 14.7. The summed E-state index contributed by atoms with van der Waals surface area (Å²) in [4.78, 5) is 16.6. The second kappa shape index (κ2) is 9.76. The van der Waals surface area contributed by atoms with Crippen LogP contribution in [0.3, 0.4) is 0 Å². The SMILES string of the molecule is CCOc1ccc(-n2nnnc2CN2CCN(C(=O)Nc3cccc(Cl)c3)CC2)cc1. The van der Waals surface area contributed by atoms with Gasteiger partial charge in [0.1, 0.15) is 5.75 Å². The van der Waals surface area contributed by atoms with Gasteiger partial charge in [-0.3, -0.25) is 4.90 Å². The number of piperazine rings is 1. The molecule has 0 radical (unpaired) electrons. The first-order valence-corrected chi connectivity index (χ1v) is 10.5. The molecule has 1 aliphatic rings. The summed E-state index contributed by atoms with van der Waals surface area (Å²) in [5.41, 5.74) is 1.57. The van der Waals surface area contributed by atoms with E-state index in [0.717, 1.165) is 30.4 Å². The predicted octanol–water partition coefficient (Wildman–Crippen LogP) is 3.06. The van der Waals surface area contributed by atoms with Crippen molar-refractivity contribution >= 4 is 23.3 Å². The monoisotopic (exact) mass is 441 g/mol. The van der Waals surface area contributed by atoms with E-state index >= 15 is 0 Å². The van der Waals surface area contributed by atoms with E-state index in [9.17, 15) is 4.79 Å². The fraction of sp³-hybridized carbons (Fsp3) is 0.333. The van der Waals surface area contributed by atoms with E-state index in [2.05, 4.69) is 25.7 Å². The number of halogens is 1. The van der Waals surface area contributed by atoms with E-state index in [1.807, 2.05) is 43.3 Å². The van der Waals surface area contributed by atoms with Crippen LogP contribution in [0, 0.1) is 0 Å². The molecule has 4 rings (SSSR count). The van der Waals surface area contributed by atoms with Gasteiger partial charge in [-0.05, 0) is 59.8 Å². The number of hydrogen-bond acceptors (Lipinski definition) is 6. The Hall–Kier alpha value is -3.17. The van der Waals surface area contributed by atoms with Crippen LogP contribution in [0.15, 0.2) is 48.5 Å². The van der Waals surface area contributed by atoms with Crippen LogP contribution in [0.25, 0.3) is 5.69 Å². The average molecular weight is 442 g/mol. The molecule has 2 aromatic carbocycles. The summed E-state index contributed by atoms with van der Waals surface area (Å²) < 4.78 is 7.22. The predicted molar refractivity (Wildman–Crippen MR) is 118 cm³/mol. The molecule has 10 heteroatoms. The number of anilines is 1. The number of benzene rings is 2. The van der Waals surface area contributed by atoms with Crippen LogP contribution < -0.4 is 10.1 Å². The Labute approximate surface area is 185 Å². The number of carbonyl (C=O) groups excluding carboxylic acids is 1. The van der Waals surface area contributed by atoms with Crippen LogP contribution in [-0.4, -0.2) is 68.8 Å². The Morgan fingerprint density at radius 1 is 1.13 bits per heavy atom. The van der Waals surface area contributed by atoms with Crippen LogP contribution in [0.5, 0.6) is 5.75 Å². The van der Waals surface area contributed by atoms with Gasteiger partial charge in [0.15, 0.2) is 5.82 Å². The lowest BCUT2D eigenvalue weighted by Crippen LogP contribution is -2.49. The van der Waals surface area contributed by atoms with Gasteiger partial charge in [0.25, 0.3) is 0 Å². The molecule has 1 aliphatic heterocycles. The minimum Gasteiger partial charge on any atom is -0.494 e. The zero-order chi connectivity index (χ0) is 21.6. The number of urea groups is 1.